The van der Waals surface area contributed by atoms with E-state index in [0.29, 0.717) is 58.4 Å². The number of nitrogens with zero attached hydrogens (tertiary/aromatic N) is 4. The number of fused-ring (bicyclic) bond motifs is 1. The molecule has 11 heteroatoms. The van der Waals surface area contributed by atoms with Crippen molar-refractivity contribution in [2.45, 2.75) is 64.3 Å². The molecule has 3 unspecified atom stereocenters. The summed E-state index contributed by atoms with van der Waals surface area (Å²) in [5, 5.41) is 10.9. The Morgan fingerprint density at radius 3 is 2.64 bits per heavy atom. The van der Waals surface area contributed by atoms with Gasteiger partial charge in [-0.3, -0.25) is 19.3 Å². The van der Waals surface area contributed by atoms with Gasteiger partial charge in [-0.05, 0) is 53.8 Å². The van der Waals surface area contributed by atoms with Gasteiger partial charge in [0, 0.05) is 60.2 Å². The zero-order valence-electron chi connectivity index (χ0n) is 23.3. The van der Waals surface area contributed by atoms with Crippen molar-refractivity contribution in [2.75, 3.05) is 44.0 Å². The fourth-order valence-electron chi connectivity index (χ4n) is 5.34. The number of benzene rings is 1. The van der Waals surface area contributed by atoms with Crippen LogP contribution in [-0.4, -0.2) is 82.8 Å². The number of morpholine rings is 1. The van der Waals surface area contributed by atoms with Crippen molar-refractivity contribution in [3.63, 3.8) is 0 Å². The van der Waals surface area contributed by atoms with E-state index in [1.165, 1.54) is 6.20 Å². The van der Waals surface area contributed by atoms with E-state index in [4.69, 9.17) is 10.5 Å². The van der Waals surface area contributed by atoms with Crippen LogP contribution in [-0.2, 0) is 14.9 Å². The third kappa shape index (κ3) is 6.81. The second-order valence-electron chi connectivity index (χ2n) is 11.5. The molecule has 1 fully saturated rings. The van der Waals surface area contributed by atoms with Crippen LogP contribution >= 0.6 is 8.73 Å². The lowest BCUT2D eigenvalue weighted by Gasteiger charge is -2.39. The molecule has 0 spiro atoms. The summed E-state index contributed by atoms with van der Waals surface area (Å²) in [6.07, 6.45) is 0.871. The average molecular weight is 564 g/mol. The largest absolute Gasteiger partial charge is 0.383 e. The van der Waals surface area contributed by atoms with Crippen LogP contribution in [0.4, 0.5) is 14.5 Å². The van der Waals surface area contributed by atoms with Crippen molar-refractivity contribution < 1.29 is 23.4 Å². The van der Waals surface area contributed by atoms with Gasteiger partial charge in [-0.1, -0.05) is 13.8 Å². The lowest BCUT2D eigenvalue weighted by molar-refractivity contribution is -0.118. The number of hydrogen-bond acceptors (Lipinski definition) is 7. The fraction of sp³-hybridized carbons (Fsp3) is 0.571. The Morgan fingerprint density at radius 1 is 1.28 bits per heavy atom. The van der Waals surface area contributed by atoms with Gasteiger partial charge in [0.15, 0.2) is 0 Å². The van der Waals surface area contributed by atoms with E-state index < -0.39 is 23.2 Å². The molecule has 3 heterocycles. The number of aliphatic hydroxyl groups is 1. The van der Waals surface area contributed by atoms with Gasteiger partial charge >= 0.3 is 0 Å². The first kappa shape index (κ1) is 29.9. The van der Waals surface area contributed by atoms with Crippen LogP contribution in [0.3, 0.4) is 0 Å². The van der Waals surface area contributed by atoms with E-state index in [1.54, 1.807) is 11.0 Å². The Kier molecular flexibility index (Phi) is 9.36. The van der Waals surface area contributed by atoms with E-state index in [2.05, 4.69) is 28.4 Å². The standard InChI is InChI=1S/C28H40F2N5O3P/c1-17(31)11-33(39-16-35-18(2)13-38-14-19(35)3)12-25(36)34-15-28(4,5)27-24(34)8-20(10-32-27)26(37)22-9-21(29)6-7-23(22)30/h6-10,17-19,26,37,39H,11-16,31H2,1-5H3/t17?,18-,19-,26?/m1/s1. The van der Waals surface area contributed by atoms with Crippen molar-refractivity contribution in [3.8, 4) is 0 Å². The maximum absolute atomic E-state index is 14.4. The Balaban J connectivity index is 1.54. The highest BCUT2D eigenvalue weighted by Crippen LogP contribution is 2.41. The minimum absolute atomic E-state index is 0.0941. The monoisotopic (exact) mass is 563 g/mol. The zero-order chi connectivity index (χ0) is 28.5. The second-order valence-corrected chi connectivity index (χ2v) is 12.8. The number of pyridine rings is 1. The molecule has 1 aromatic heterocycles. The Labute approximate surface area is 231 Å². The van der Waals surface area contributed by atoms with Crippen molar-refractivity contribution in [3.05, 3.63) is 58.9 Å². The summed E-state index contributed by atoms with van der Waals surface area (Å²) in [5.41, 5.74) is 7.15. The Bertz CT molecular complexity index is 1170. The lowest BCUT2D eigenvalue weighted by Crippen LogP contribution is -2.49. The van der Waals surface area contributed by atoms with Gasteiger partial charge in [-0.25, -0.2) is 8.78 Å². The molecule has 2 aliphatic heterocycles. The maximum atomic E-state index is 14.4. The van der Waals surface area contributed by atoms with Crippen LogP contribution < -0.4 is 10.6 Å². The molecule has 8 nitrogen and oxygen atoms in total. The van der Waals surface area contributed by atoms with Gasteiger partial charge in [0.05, 0.1) is 31.1 Å². The molecule has 2 aliphatic rings. The summed E-state index contributed by atoms with van der Waals surface area (Å²) in [4.78, 5) is 22.4. The third-order valence-electron chi connectivity index (χ3n) is 7.41. The molecule has 0 bridgehead atoms. The van der Waals surface area contributed by atoms with E-state index in [1.807, 2.05) is 20.8 Å². The molecule has 4 rings (SSSR count). The molecule has 0 saturated carbocycles. The first-order chi connectivity index (χ1) is 18.4. The fourth-order valence-corrected chi connectivity index (χ4v) is 6.99. The van der Waals surface area contributed by atoms with Crippen LogP contribution in [0.15, 0.2) is 30.5 Å². The van der Waals surface area contributed by atoms with Gasteiger partial charge in [-0.2, -0.15) is 0 Å². The smallest absolute Gasteiger partial charge is 0.241 e. The number of amides is 1. The minimum atomic E-state index is -1.42. The van der Waals surface area contributed by atoms with Crippen molar-refractivity contribution in [2.24, 2.45) is 5.73 Å². The summed E-state index contributed by atoms with van der Waals surface area (Å²) in [7, 11) is 0.382. The van der Waals surface area contributed by atoms with E-state index in [-0.39, 0.29) is 24.1 Å². The van der Waals surface area contributed by atoms with Gasteiger partial charge < -0.3 is 20.5 Å². The van der Waals surface area contributed by atoms with Gasteiger partial charge in [0.2, 0.25) is 5.91 Å². The molecule has 1 aromatic carbocycles. The summed E-state index contributed by atoms with van der Waals surface area (Å²) >= 11 is 0. The number of ether oxygens (including phenoxy) is 1. The number of aliphatic hydroxyl groups excluding tert-OH is 1. The minimum Gasteiger partial charge on any atom is -0.383 e. The zero-order valence-corrected chi connectivity index (χ0v) is 24.3. The van der Waals surface area contributed by atoms with Crippen LogP contribution in [0, 0.1) is 11.6 Å². The molecule has 3 N–H and O–H groups in total. The van der Waals surface area contributed by atoms with Crippen molar-refractivity contribution in [1.82, 2.24) is 14.6 Å². The third-order valence-corrected chi connectivity index (χ3v) is 8.70. The molecule has 2 aromatic rings. The molecule has 39 heavy (non-hydrogen) atoms. The van der Waals surface area contributed by atoms with Gasteiger partial charge in [-0.15, -0.1) is 0 Å². The summed E-state index contributed by atoms with van der Waals surface area (Å²) in [6, 6.07) is 5.14. The SMILES string of the molecule is CC(N)CN(CC(=O)N1CC(C)(C)c2ncc(C(O)c3cc(F)ccc3F)cc21)PCN1[C@H](C)COC[C@H]1C. The number of rotatable bonds is 9. The summed E-state index contributed by atoms with van der Waals surface area (Å²) < 4.78 is 35.9. The first-order valence-electron chi connectivity index (χ1n) is 13.4. The Hall–Kier alpha value is -2.07. The Morgan fingerprint density at radius 2 is 1.97 bits per heavy atom. The molecule has 0 aliphatic carbocycles. The van der Waals surface area contributed by atoms with E-state index in [0.717, 1.165) is 30.2 Å². The maximum Gasteiger partial charge on any atom is 0.241 e. The summed E-state index contributed by atoms with van der Waals surface area (Å²) in [6.45, 7) is 12.8. The number of aromatic nitrogens is 1. The normalized spacial score (nSPS) is 23.0. The predicted octanol–water partition coefficient (Wildman–Crippen LogP) is 3.38. The highest BCUT2D eigenvalue weighted by atomic mass is 31.1. The van der Waals surface area contributed by atoms with Crippen LogP contribution in [0.25, 0.3) is 0 Å². The molecule has 214 valence electrons. The van der Waals surface area contributed by atoms with Crippen molar-refractivity contribution >= 4 is 20.3 Å². The number of carbonyl (C=O) groups excluding carboxylic acids is 1. The van der Waals surface area contributed by atoms with E-state index in [9.17, 15) is 18.7 Å². The molecular weight excluding hydrogens is 523 g/mol. The quantitative estimate of drug-likeness (QED) is 0.452. The summed E-state index contributed by atoms with van der Waals surface area (Å²) in [5.74, 6) is -1.45. The number of carbonyl (C=O) groups is 1. The molecule has 0 radical (unpaired) electrons. The average Bonchev–Trinajstić information content (AvgIpc) is 3.14. The van der Waals surface area contributed by atoms with Gasteiger partial charge in [0.25, 0.3) is 0 Å². The van der Waals surface area contributed by atoms with Crippen LogP contribution in [0.2, 0.25) is 0 Å². The van der Waals surface area contributed by atoms with Crippen LogP contribution in [0.1, 0.15) is 57.5 Å². The molecule has 1 saturated heterocycles. The van der Waals surface area contributed by atoms with Crippen LogP contribution in [0.5, 0.6) is 0 Å². The highest BCUT2D eigenvalue weighted by molar-refractivity contribution is 7.35. The molecule has 5 atom stereocenters. The van der Waals surface area contributed by atoms with Crippen molar-refractivity contribution in [1.29, 1.82) is 0 Å². The van der Waals surface area contributed by atoms with E-state index >= 15 is 0 Å². The molecular formula is C28H40F2N5O3P. The number of hydrogen-bond donors (Lipinski definition) is 2. The highest BCUT2D eigenvalue weighted by Gasteiger charge is 2.40. The number of anilines is 1. The number of nitrogens with two attached hydrogens (primary N) is 1. The first-order valence-corrected chi connectivity index (χ1v) is 14.5. The topological polar surface area (TPSA) is 95.2 Å². The lowest BCUT2D eigenvalue weighted by atomic mass is 9.90. The number of halogens is 2. The second kappa shape index (κ2) is 12.2. The van der Waals surface area contributed by atoms with Gasteiger partial charge in [0.1, 0.15) is 17.7 Å². The molecule has 1 amide bonds. The predicted molar refractivity (Wildman–Crippen MR) is 150 cm³/mol.